The number of nitrogens with one attached hydrogen (secondary N) is 2. The molecule has 15 heteroatoms. The van der Waals surface area contributed by atoms with Crippen molar-refractivity contribution in [3.63, 3.8) is 0 Å². The number of rotatable bonds is 7. The maximum absolute atomic E-state index is 12.8. The maximum Gasteiger partial charge on any atom is 0.410 e. The summed E-state index contributed by atoms with van der Waals surface area (Å²) in [4.78, 5) is 48.9. The van der Waals surface area contributed by atoms with E-state index in [1.54, 1.807) is 0 Å². The molecule has 1 aromatic carbocycles. The molecule has 3 rings (SSSR count). The lowest BCUT2D eigenvalue weighted by Gasteiger charge is -2.23. The molecule has 0 bridgehead atoms. The van der Waals surface area contributed by atoms with Crippen LogP contribution in [0.25, 0.3) is 0 Å². The predicted molar refractivity (Wildman–Crippen MR) is 126 cm³/mol. The molecule has 0 unspecified atom stereocenters. The fraction of sp³-hybridized carbons (Fsp3) is 0.316. The fourth-order valence-electron chi connectivity index (χ4n) is 3.16. The number of non-ortho nitro benzene ring substituents is 1. The van der Waals surface area contributed by atoms with Crippen molar-refractivity contribution in [1.29, 1.82) is 0 Å². The number of amides is 3. The summed E-state index contributed by atoms with van der Waals surface area (Å²) in [5, 5.41) is 13.4. The van der Waals surface area contributed by atoms with Gasteiger partial charge in [-0.2, -0.15) is 12.6 Å². The standard InChI is InChI=1S/C19H20N4O8S3/c1-34(29,30)21-18(25)15-6-7-16(33-15)20-17(24)14-8-13(32)9-22(14)19(26)31-10-11-2-4-12(5-3-11)23(27)28/h2-7,13-14,32H,8-10H2,1H3,(H,20,24)(H,21,25)/t13-,14-/m0/s1. The van der Waals surface area contributed by atoms with Crippen molar-refractivity contribution in [2.45, 2.75) is 24.3 Å². The summed E-state index contributed by atoms with van der Waals surface area (Å²) >= 11 is 5.24. The molecule has 1 aromatic heterocycles. The largest absolute Gasteiger partial charge is 0.445 e. The van der Waals surface area contributed by atoms with Crippen LogP contribution in [0.15, 0.2) is 36.4 Å². The summed E-state index contributed by atoms with van der Waals surface area (Å²) < 4.78 is 29.5. The molecule has 12 nitrogen and oxygen atoms in total. The minimum atomic E-state index is -3.73. The van der Waals surface area contributed by atoms with Crippen molar-refractivity contribution in [2.24, 2.45) is 0 Å². The van der Waals surface area contributed by atoms with Crippen LogP contribution in [0, 0.1) is 10.1 Å². The normalized spacial score (nSPS) is 17.8. The summed E-state index contributed by atoms with van der Waals surface area (Å²) in [6.07, 6.45) is 0.383. The zero-order chi connectivity index (χ0) is 25.0. The Labute approximate surface area is 203 Å². The Morgan fingerprint density at radius 3 is 2.53 bits per heavy atom. The third-order valence-electron chi connectivity index (χ3n) is 4.68. The molecule has 2 N–H and O–H groups in total. The van der Waals surface area contributed by atoms with Gasteiger partial charge in [-0.1, -0.05) is 0 Å². The quantitative estimate of drug-likeness (QED) is 0.279. The van der Waals surface area contributed by atoms with Crippen molar-refractivity contribution < 1.29 is 32.5 Å². The van der Waals surface area contributed by atoms with Gasteiger partial charge in [-0.25, -0.2) is 17.9 Å². The molecule has 1 fully saturated rings. The minimum Gasteiger partial charge on any atom is -0.445 e. The number of benzene rings is 1. The SMILES string of the molecule is CS(=O)(=O)NC(=O)c1ccc(NC(=O)[C@@H]2C[C@H](S)CN2C(=O)OCc2ccc([N+](=O)[O-])cc2)s1. The van der Waals surface area contributed by atoms with Crippen molar-refractivity contribution in [1.82, 2.24) is 9.62 Å². The van der Waals surface area contributed by atoms with Gasteiger partial charge < -0.3 is 10.1 Å². The Morgan fingerprint density at radius 2 is 1.91 bits per heavy atom. The molecule has 0 radical (unpaired) electrons. The van der Waals surface area contributed by atoms with Gasteiger partial charge in [-0.15, -0.1) is 11.3 Å². The first kappa shape index (κ1) is 25.5. The number of hydrogen-bond acceptors (Lipinski definition) is 10. The second-order valence-corrected chi connectivity index (χ2v) is 11.0. The smallest absolute Gasteiger partial charge is 0.410 e. The molecule has 1 aliphatic heterocycles. The van der Waals surface area contributed by atoms with E-state index in [0.29, 0.717) is 10.6 Å². The molecule has 0 spiro atoms. The number of thiol groups is 1. The fourth-order valence-corrected chi connectivity index (χ4v) is 4.85. The van der Waals surface area contributed by atoms with E-state index in [2.05, 4.69) is 17.9 Å². The van der Waals surface area contributed by atoms with Gasteiger partial charge in [0.05, 0.1) is 21.1 Å². The highest BCUT2D eigenvalue weighted by Crippen LogP contribution is 2.27. The predicted octanol–water partition coefficient (Wildman–Crippen LogP) is 1.99. The third kappa shape index (κ3) is 6.68. The van der Waals surface area contributed by atoms with Crippen LogP contribution in [0.1, 0.15) is 21.7 Å². The lowest BCUT2D eigenvalue weighted by atomic mass is 10.2. The number of nitro benzene ring substituents is 1. The van der Waals surface area contributed by atoms with Crippen LogP contribution in [0.3, 0.4) is 0 Å². The van der Waals surface area contributed by atoms with Gasteiger partial charge in [0.1, 0.15) is 12.6 Å². The Kier molecular flexibility index (Phi) is 7.78. The number of thiophene rings is 1. The molecule has 2 heterocycles. The van der Waals surface area contributed by atoms with Crippen molar-refractivity contribution in [2.75, 3.05) is 18.1 Å². The summed E-state index contributed by atoms with van der Waals surface area (Å²) in [6, 6.07) is 7.47. The number of ether oxygens (including phenoxy) is 1. The zero-order valence-electron chi connectivity index (χ0n) is 17.7. The molecule has 3 amide bonds. The molecule has 1 saturated heterocycles. The summed E-state index contributed by atoms with van der Waals surface area (Å²) in [5.41, 5.74) is 0.454. The summed E-state index contributed by atoms with van der Waals surface area (Å²) in [6.45, 7) is 0.0371. The first-order valence-corrected chi connectivity index (χ1v) is 12.9. The van der Waals surface area contributed by atoms with E-state index in [9.17, 15) is 32.9 Å². The second-order valence-electron chi connectivity index (χ2n) is 7.39. The molecule has 34 heavy (non-hydrogen) atoms. The van der Waals surface area contributed by atoms with Gasteiger partial charge >= 0.3 is 6.09 Å². The first-order chi connectivity index (χ1) is 15.9. The molecular formula is C19H20N4O8S3. The Balaban J connectivity index is 1.61. The Hall–Kier alpha value is -3.17. The number of nitro groups is 1. The van der Waals surface area contributed by atoms with Crippen LogP contribution in [-0.4, -0.2) is 60.2 Å². The van der Waals surface area contributed by atoms with E-state index in [-0.39, 0.29) is 35.4 Å². The average Bonchev–Trinajstić information content (AvgIpc) is 3.38. The van der Waals surface area contributed by atoms with Crippen LogP contribution in [-0.2, 0) is 26.2 Å². The van der Waals surface area contributed by atoms with Gasteiger partial charge in [-0.3, -0.25) is 24.6 Å². The van der Waals surface area contributed by atoms with Gasteiger partial charge in [0.15, 0.2) is 0 Å². The molecule has 2 atom stereocenters. The van der Waals surface area contributed by atoms with Crippen molar-refractivity contribution in [3.8, 4) is 0 Å². The average molecular weight is 529 g/mol. The zero-order valence-corrected chi connectivity index (χ0v) is 20.2. The topological polar surface area (TPSA) is 165 Å². The maximum atomic E-state index is 12.8. The summed E-state index contributed by atoms with van der Waals surface area (Å²) in [7, 11) is -3.73. The Morgan fingerprint density at radius 1 is 1.24 bits per heavy atom. The van der Waals surface area contributed by atoms with Gasteiger partial charge in [0.2, 0.25) is 15.9 Å². The van der Waals surface area contributed by atoms with Gasteiger partial charge in [0, 0.05) is 23.9 Å². The molecular weight excluding hydrogens is 508 g/mol. The van der Waals surface area contributed by atoms with Gasteiger partial charge in [0.25, 0.3) is 11.6 Å². The number of likely N-dealkylation sites (tertiary alicyclic amines) is 1. The number of nitrogens with zero attached hydrogens (tertiary/aromatic N) is 2. The molecule has 0 saturated carbocycles. The van der Waals surface area contributed by atoms with Crippen LogP contribution < -0.4 is 10.0 Å². The summed E-state index contributed by atoms with van der Waals surface area (Å²) in [5.74, 6) is -1.33. The molecule has 1 aliphatic rings. The number of hydrogen-bond donors (Lipinski definition) is 3. The van der Waals surface area contributed by atoms with E-state index in [1.165, 1.54) is 41.3 Å². The highest BCUT2D eigenvalue weighted by molar-refractivity contribution is 7.89. The van der Waals surface area contributed by atoms with E-state index in [4.69, 9.17) is 4.74 Å². The number of carbonyl (C=O) groups is 3. The van der Waals surface area contributed by atoms with Crippen molar-refractivity contribution >= 4 is 62.6 Å². The van der Waals surface area contributed by atoms with Crippen LogP contribution >= 0.6 is 24.0 Å². The van der Waals surface area contributed by atoms with Crippen molar-refractivity contribution in [3.05, 3.63) is 57.0 Å². The molecule has 2 aromatic rings. The monoisotopic (exact) mass is 528 g/mol. The lowest BCUT2D eigenvalue weighted by Crippen LogP contribution is -2.43. The Bertz CT molecular complexity index is 1210. The minimum absolute atomic E-state index is 0.0820. The van der Waals surface area contributed by atoms with Crippen LogP contribution in [0.4, 0.5) is 15.5 Å². The van der Waals surface area contributed by atoms with Gasteiger partial charge in [-0.05, 0) is 36.2 Å². The van der Waals surface area contributed by atoms with Crippen LogP contribution in [0.2, 0.25) is 0 Å². The second kappa shape index (κ2) is 10.4. The molecule has 182 valence electrons. The number of carbonyl (C=O) groups excluding carboxylic acids is 3. The molecule has 0 aliphatic carbocycles. The highest BCUT2D eigenvalue weighted by atomic mass is 32.2. The van der Waals surface area contributed by atoms with E-state index in [0.717, 1.165) is 17.6 Å². The number of anilines is 1. The van der Waals surface area contributed by atoms with E-state index >= 15 is 0 Å². The highest BCUT2D eigenvalue weighted by Gasteiger charge is 2.39. The number of sulfonamides is 1. The lowest BCUT2D eigenvalue weighted by molar-refractivity contribution is -0.384. The van der Waals surface area contributed by atoms with E-state index in [1.807, 2.05) is 4.72 Å². The van der Waals surface area contributed by atoms with E-state index < -0.39 is 38.9 Å². The first-order valence-electron chi connectivity index (χ1n) is 9.70. The third-order valence-corrected chi connectivity index (χ3v) is 6.61. The van der Waals surface area contributed by atoms with Crippen LogP contribution in [0.5, 0.6) is 0 Å².